The lowest BCUT2D eigenvalue weighted by Gasteiger charge is -2.39. The molecule has 2 aliphatic heterocycles. The van der Waals surface area contributed by atoms with E-state index in [9.17, 15) is 9.59 Å². The Morgan fingerprint density at radius 3 is 2.50 bits per heavy atom. The largest absolute Gasteiger partial charge is 0.445 e. The normalized spacial score (nSPS) is 22.4. The van der Waals surface area contributed by atoms with E-state index < -0.39 is 11.6 Å². The number of hydrogen-bond acceptors (Lipinski definition) is 3. The topological polar surface area (TPSA) is 46.6 Å². The predicted molar refractivity (Wildman–Crippen MR) is 89.5 cm³/mol. The molecule has 2 heterocycles. The molecule has 0 saturated heterocycles. The predicted octanol–water partition coefficient (Wildman–Crippen LogP) is 2.74. The monoisotopic (exact) mass is 321 g/mol. The molecule has 1 amide bonds. The van der Waals surface area contributed by atoms with Gasteiger partial charge in [0.25, 0.3) is 5.91 Å². The van der Waals surface area contributed by atoms with Crippen LogP contribution in [0.15, 0.2) is 48.5 Å². The summed E-state index contributed by atoms with van der Waals surface area (Å²) < 4.78 is 5.57. The Hall–Kier alpha value is -2.62. The maximum Gasteiger partial charge on any atom is 0.339 e. The van der Waals surface area contributed by atoms with Gasteiger partial charge in [-0.2, -0.15) is 0 Å². The van der Waals surface area contributed by atoms with Gasteiger partial charge in [0.1, 0.15) is 0 Å². The van der Waals surface area contributed by atoms with Crippen LogP contribution in [0.2, 0.25) is 0 Å². The number of carbonyl (C=O) groups is 2. The third kappa shape index (κ3) is 2.39. The van der Waals surface area contributed by atoms with Crippen molar-refractivity contribution in [2.24, 2.45) is 0 Å². The smallest absolute Gasteiger partial charge is 0.339 e. The summed E-state index contributed by atoms with van der Waals surface area (Å²) in [7, 11) is 0. The molecule has 0 aliphatic carbocycles. The van der Waals surface area contributed by atoms with Crippen molar-refractivity contribution in [3.8, 4) is 0 Å². The number of esters is 1. The highest BCUT2D eigenvalue weighted by atomic mass is 16.6. The molecule has 122 valence electrons. The molecular weight excluding hydrogens is 302 g/mol. The number of rotatable bonds is 1. The molecule has 24 heavy (non-hydrogen) atoms. The summed E-state index contributed by atoms with van der Waals surface area (Å²) in [6, 6.07) is 15.5. The van der Waals surface area contributed by atoms with Gasteiger partial charge in [0.05, 0.1) is 5.56 Å². The summed E-state index contributed by atoms with van der Waals surface area (Å²) in [5.74, 6) is -0.523. The zero-order chi connectivity index (χ0) is 16.7. The van der Waals surface area contributed by atoms with Gasteiger partial charge in [-0.05, 0) is 36.1 Å². The fourth-order valence-electron chi connectivity index (χ4n) is 3.66. The molecule has 0 saturated carbocycles. The zero-order valence-electron chi connectivity index (χ0n) is 13.6. The van der Waals surface area contributed by atoms with Crippen LogP contribution in [0.4, 0.5) is 0 Å². The van der Waals surface area contributed by atoms with Crippen LogP contribution in [0.25, 0.3) is 0 Å². The van der Waals surface area contributed by atoms with Gasteiger partial charge < -0.3 is 9.64 Å². The molecule has 0 radical (unpaired) electrons. The Morgan fingerprint density at radius 2 is 1.71 bits per heavy atom. The average Bonchev–Trinajstić information content (AvgIpc) is 2.60. The minimum Gasteiger partial charge on any atom is -0.445 e. The molecule has 1 atom stereocenters. The molecule has 2 aliphatic rings. The van der Waals surface area contributed by atoms with Crippen molar-refractivity contribution < 1.29 is 14.3 Å². The SMILES string of the molecule is C[C@]1(C(=O)N2CCc3ccccc3C2)Cc2ccccc2C(=O)O1. The van der Waals surface area contributed by atoms with Crippen molar-refractivity contribution in [1.29, 1.82) is 0 Å². The molecule has 0 bridgehead atoms. The van der Waals surface area contributed by atoms with Crippen LogP contribution in [0.3, 0.4) is 0 Å². The number of benzene rings is 2. The van der Waals surface area contributed by atoms with Crippen LogP contribution < -0.4 is 0 Å². The molecule has 0 aromatic heterocycles. The highest BCUT2D eigenvalue weighted by molar-refractivity contribution is 5.97. The maximum absolute atomic E-state index is 13.1. The summed E-state index contributed by atoms with van der Waals surface area (Å²) >= 11 is 0. The summed E-state index contributed by atoms with van der Waals surface area (Å²) in [6.07, 6.45) is 1.26. The van der Waals surface area contributed by atoms with Crippen molar-refractivity contribution in [3.63, 3.8) is 0 Å². The first-order chi connectivity index (χ1) is 11.6. The van der Waals surface area contributed by atoms with E-state index in [0.717, 1.165) is 12.0 Å². The Kier molecular flexibility index (Phi) is 3.41. The van der Waals surface area contributed by atoms with E-state index >= 15 is 0 Å². The quantitative estimate of drug-likeness (QED) is 0.759. The zero-order valence-corrected chi connectivity index (χ0v) is 13.6. The molecule has 2 aromatic carbocycles. The van der Waals surface area contributed by atoms with Crippen LogP contribution in [0, 0.1) is 0 Å². The van der Waals surface area contributed by atoms with Crippen molar-refractivity contribution in [2.45, 2.75) is 31.9 Å². The molecule has 4 rings (SSSR count). The second-order valence-electron chi connectivity index (χ2n) is 6.70. The van der Waals surface area contributed by atoms with E-state index in [1.807, 2.05) is 35.2 Å². The lowest BCUT2D eigenvalue weighted by atomic mass is 9.88. The van der Waals surface area contributed by atoms with Crippen LogP contribution in [0.1, 0.15) is 34.0 Å². The number of ether oxygens (including phenoxy) is 1. The van der Waals surface area contributed by atoms with Gasteiger partial charge >= 0.3 is 5.97 Å². The first-order valence-corrected chi connectivity index (χ1v) is 8.24. The third-order valence-electron chi connectivity index (χ3n) is 4.95. The second kappa shape index (κ2) is 5.48. The molecule has 0 spiro atoms. The van der Waals surface area contributed by atoms with Crippen LogP contribution in [-0.4, -0.2) is 28.9 Å². The molecule has 4 heteroatoms. The highest BCUT2D eigenvalue weighted by Gasteiger charge is 2.45. The number of carbonyl (C=O) groups excluding carboxylic acids is 2. The average molecular weight is 321 g/mol. The first-order valence-electron chi connectivity index (χ1n) is 8.24. The number of cyclic esters (lactones) is 1. The third-order valence-corrected chi connectivity index (χ3v) is 4.95. The van der Waals surface area contributed by atoms with Gasteiger partial charge in [0, 0.05) is 19.5 Å². The first kappa shape index (κ1) is 14.9. The van der Waals surface area contributed by atoms with Crippen molar-refractivity contribution in [2.75, 3.05) is 6.54 Å². The van der Waals surface area contributed by atoms with Crippen molar-refractivity contribution >= 4 is 11.9 Å². The minimum absolute atomic E-state index is 0.111. The lowest BCUT2D eigenvalue weighted by molar-refractivity contribution is -0.152. The van der Waals surface area contributed by atoms with Crippen molar-refractivity contribution in [1.82, 2.24) is 4.90 Å². The van der Waals surface area contributed by atoms with E-state index in [-0.39, 0.29) is 5.91 Å². The van der Waals surface area contributed by atoms with E-state index in [2.05, 4.69) is 12.1 Å². The molecule has 4 nitrogen and oxygen atoms in total. The molecular formula is C20H19NO3. The van der Waals surface area contributed by atoms with Gasteiger partial charge in [0.2, 0.25) is 0 Å². The molecule has 0 fully saturated rings. The van der Waals surface area contributed by atoms with Gasteiger partial charge in [0.15, 0.2) is 5.60 Å². The molecule has 0 unspecified atom stereocenters. The Morgan fingerprint density at radius 1 is 1.04 bits per heavy atom. The van der Waals surface area contributed by atoms with Gasteiger partial charge in [-0.3, -0.25) is 4.79 Å². The van der Waals surface area contributed by atoms with E-state index in [4.69, 9.17) is 4.74 Å². The fourth-order valence-corrected chi connectivity index (χ4v) is 3.66. The van der Waals surface area contributed by atoms with E-state index in [0.29, 0.717) is 25.1 Å². The van der Waals surface area contributed by atoms with Crippen molar-refractivity contribution in [3.05, 3.63) is 70.8 Å². The summed E-state index contributed by atoms with van der Waals surface area (Å²) in [5.41, 5.74) is 2.77. The summed E-state index contributed by atoms with van der Waals surface area (Å²) in [6.45, 7) is 2.96. The number of amides is 1. The number of fused-ring (bicyclic) bond motifs is 2. The molecule has 0 N–H and O–H groups in total. The van der Waals surface area contributed by atoms with Crippen LogP contribution in [-0.2, 0) is 28.9 Å². The Bertz CT molecular complexity index is 829. The Balaban J connectivity index is 1.60. The van der Waals surface area contributed by atoms with Crippen LogP contribution >= 0.6 is 0 Å². The van der Waals surface area contributed by atoms with Gasteiger partial charge in [-0.1, -0.05) is 42.5 Å². The minimum atomic E-state index is -1.13. The van der Waals surface area contributed by atoms with E-state index in [1.165, 1.54) is 11.1 Å². The fraction of sp³-hybridized carbons (Fsp3) is 0.300. The standard InChI is InChI=1S/C20H19NO3/c1-20(12-15-7-4-5-9-17(15)18(22)24-20)19(23)21-11-10-14-6-2-3-8-16(14)13-21/h2-9H,10-13H2,1H3/t20-/m1/s1. The van der Waals surface area contributed by atoms with Gasteiger partial charge in [-0.15, -0.1) is 0 Å². The number of nitrogens with zero attached hydrogens (tertiary/aromatic N) is 1. The summed E-state index contributed by atoms with van der Waals surface area (Å²) in [5, 5.41) is 0. The van der Waals surface area contributed by atoms with Gasteiger partial charge in [-0.25, -0.2) is 4.79 Å². The Labute approximate surface area is 141 Å². The second-order valence-corrected chi connectivity index (χ2v) is 6.70. The lowest BCUT2D eigenvalue weighted by Crippen LogP contribution is -2.54. The molecule has 2 aromatic rings. The summed E-state index contributed by atoms with van der Waals surface area (Å²) in [4.78, 5) is 27.2. The van der Waals surface area contributed by atoms with Crippen LogP contribution in [0.5, 0.6) is 0 Å². The number of hydrogen-bond donors (Lipinski definition) is 0. The highest BCUT2D eigenvalue weighted by Crippen LogP contribution is 2.31. The van der Waals surface area contributed by atoms with E-state index in [1.54, 1.807) is 13.0 Å². The maximum atomic E-state index is 13.1.